The molecule has 0 atom stereocenters. The van der Waals surface area contributed by atoms with E-state index in [0.29, 0.717) is 53.3 Å². The van der Waals surface area contributed by atoms with Gasteiger partial charge in [0.05, 0.1) is 30.0 Å². The largest absolute Gasteiger partial charge is 0.494 e. The van der Waals surface area contributed by atoms with E-state index in [-0.39, 0.29) is 4.90 Å². The lowest BCUT2D eigenvalue weighted by molar-refractivity contribution is -0.119. The highest BCUT2D eigenvalue weighted by Gasteiger charge is 2.27. The van der Waals surface area contributed by atoms with Gasteiger partial charge in [-0.2, -0.15) is 5.10 Å². The summed E-state index contributed by atoms with van der Waals surface area (Å²) in [4.78, 5) is 12.9. The number of para-hydroxylation sites is 1. The molecule has 11 heteroatoms. The van der Waals surface area contributed by atoms with Gasteiger partial charge in [0.15, 0.2) is 11.5 Å². The van der Waals surface area contributed by atoms with E-state index in [1.807, 2.05) is 26.0 Å². The minimum absolute atomic E-state index is 0.0259. The number of benzene rings is 4. The summed E-state index contributed by atoms with van der Waals surface area (Å²) in [5.41, 5.74) is 4.35. The minimum atomic E-state index is -4.07. The van der Waals surface area contributed by atoms with Crippen molar-refractivity contribution in [1.82, 2.24) is 5.43 Å². The number of hydrogen-bond donors (Lipinski definition) is 1. The first kappa shape index (κ1) is 31.4. The van der Waals surface area contributed by atoms with Crippen LogP contribution in [0.3, 0.4) is 0 Å². The Morgan fingerprint density at radius 2 is 1.56 bits per heavy atom. The molecule has 0 unspecified atom stereocenters. The van der Waals surface area contributed by atoms with Crippen molar-refractivity contribution in [3.05, 3.63) is 113 Å². The van der Waals surface area contributed by atoms with Gasteiger partial charge in [-0.05, 0) is 91.7 Å². The third kappa shape index (κ3) is 8.73. The first-order chi connectivity index (χ1) is 20.8. The number of anilines is 1. The Labute approximate surface area is 256 Å². The van der Waals surface area contributed by atoms with Gasteiger partial charge in [0.2, 0.25) is 0 Å². The molecule has 224 valence electrons. The number of ether oxygens (including phenoxy) is 3. The molecule has 0 saturated carbocycles. The minimum Gasteiger partial charge on any atom is -0.494 e. The maximum atomic E-state index is 13.6. The first-order valence-electron chi connectivity index (χ1n) is 13.6. The fourth-order valence-electron chi connectivity index (χ4n) is 3.99. The van der Waals surface area contributed by atoms with Gasteiger partial charge in [-0.3, -0.25) is 9.10 Å². The highest BCUT2D eigenvalue weighted by atomic mass is 35.5. The number of carbonyl (C=O) groups is 1. The number of carbonyl (C=O) groups excluding carboxylic acids is 1. The Bertz CT molecular complexity index is 1630. The second kappa shape index (κ2) is 15.1. The van der Waals surface area contributed by atoms with Crippen LogP contribution in [0.25, 0.3) is 0 Å². The van der Waals surface area contributed by atoms with E-state index in [1.54, 1.807) is 72.8 Å². The molecular formula is C32H32ClN3O6S. The van der Waals surface area contributed by atoms with Crippen LogP contribution in [-0.4, -0.2) is 40.3 Å². The molecule has 0 saturated heterocycles. The molecule has 0 bridgehead atoms. The van der Waals surface area contributed by atoms with E-state index in [0.717, 1.165) is 9.87 Å². The van der Waals surface area contributed by atoms with E-state index >= 15 is 0 Å². The van der Waals surface area contributed by atoms with E-state index in [2.05, 4.69) is 10.5 Å². The Balaban J connectivity index is 1.45. The summed E-state index contributed by atoms with van der Waals surface area (Å²) in [6, 6.07) is 27.1. The molecule has 0 spiro atoms. The molecule has 0 aliphatic carbocycles. The lowest BCUT2D eigenvalue weighted by Crippen LogP contribution is -2.39. The molecule has 9 nitrogen and oxygen atoms in total. The third-order valence-corrected chi connectivity index (χ3v) is 8.07. The smallest absolute Gasteiger partial charge is 0.264 e. The second-order valence-corrected chi connectivity index (χ2v) is 11.4. The number of hydrazone groups is 1. The van der Waals surface area contributed by atoms with Crippen LogP contribution >= 0.6 is 11.6 Å². The summed E-state index contributed by atoms with van der Waals surface area (Å²) in [6.07, 6.45) is 1.44. The normalized spacial score (nSPS) is 11.2. The van der Waals surface area contributed by atoms with Gasteiger partial charge < -0.3 is 14.2 Å². The monoisotopic (exact) mass is 621 g/mol. The van der Waals surface area contributed by atoms with Crippen LogP contribution in [-0.2, 0) is 21.4 Å². The van der Waals surface area contributed by atoms with E-state index in [9.17, 15) is 13.2 Å². The number of nitrogens with one attached hydrogen (secondary N) is 1. The molecule has 4 aromatic carbocycles. The standard InChI is InChI=1S/C32H32ClN3O6S/c1-3-40-28-15-17-29(18-16-28)43(38,39)36(27-8-6-5-7-9-27)22-32(37)35-34-21-25-12-19-30(31(20-25)41-4-2)42-23-24-10-13-26(33)14-11-24/h5-21H,3-4,22-23H2,1-2H3,(H,35,37)/b34-21-. The zero-order valence-corrected chi connectivity index (χ0v) is 25.3. The van der Waals surface area contributed by atoms with Crippen molar-refractivity contribution in [3.63, 3.8) is 0 Å². The predicted molar refractivity (Wildman–Crippen MR) is 168 cm³/mol. The van der Waals surface area contributed by atoms with Crippen molar-refractivity contribution >= 4 is 39.4 Å². The fraction of sp³-hybridized carbons (Fsp3) is 0.188. The van der Waals surface area contributed by atoms with Gasteiger partial charge in [-0.15, -0.1) is 0 Å². The highest BCUT2D eigenvalue weighted by molar-refractivity contribution is 7.92. The Morgan fingerprint density at radius 1 is 0.860 bits per heavy atom. The molecule has 0 fully saturated rings. The van der Waals surface area contributed by atoms with Gasteiger partial charge in [0.1, 0.15) is 18.9 Å². The van der Waals surface area contributed by atoms with Gasteiger partial charge in [0.25, 0.3) is 15.9 Å². The van der Waals surface area contributed by atoms with Crippen LogP contribution in [0.4, 0.5) is 5.69 Å². The lowest BCUT2D eigenvalue weighted by Gasteiger charge is -2.23. The fourth-order valence-corrected chi connectivity index (χ4v) is 5.54. The van der Waals surface area contributed by atoms with Crippen LogP contribution in [0.5, 0.6) is 17.2 Å². The zero-order chi connectivity index (χ0) is 30.7. The zero-order valence-electron chi connectivity index (χ0n) is 23.8. The third-order valence-electron chi connectivity index (χ3n) is 6.03. The molecule has 0 radical (unpaired) electrons. The summed E-state index contributed by atoms with van der Waals surface area (Å²) < 4.78 is 45.2. The van der Waals surface area contributed by atoms with Crippen LogP contribution in [0.1, 0.15) is 25.0 Å². The average Bonchev–Trinajstić information content (AvgIpc) is 3.01. The van der Waals surface area contributed by atoms with E-state index in [4.69, 9.17) is 25.8 Å². The number of nitrogens with zero attached hydrogens (tertiary/aromatic N) is 2. The Hall–Kier alpha value is -4.54. The van der Waals surface area contributed by atoms with Crippen molar-refractivity contribution in [2.75, 3.05) is 24.1 Å². The van der Waals surface area contributed by atoms with Crippen molar-refractivity contribution in [2.24, 2.45) is 5.10 Å². The second-order valence-electron chi connectivity index (χ2n) is 9.10. The lowest BCUT2D eigenvalue weighted by atomic mass is 10.2. The molecule has 4 rings (SSSR count). The van der Waals surface area contributed by atoms with Crippen molar-refractivity contribution in [2.45, 2.75) is 25.3 Å². The molecule has 43 heavy (non-hydrogen) atoms. The maximum Gasteiger partial charge on any atom is 0.264 e. The van der Waals surface area contributed by atoms with E-state index < -0.39 is 22.5 Å². The molecule has 1 amide bonds. The van der Waals surface area contributed by atoms with Crippen LogP contribution in [0.2, 0.25) is 5.02 Å². The van der Waals surface area contributed by atoms with Crippen LogP contribution < -0.4 is 23.9 Å². The molecule has 1 N–H and O–H groups in total. The summed E-state index contributed by atoms with van der Waals surface area (Å²) in [7, 11) is -4.07. The summed E-state index contributed by atoms with van der Waals surface area (Å²) >= 11 is 5.95. The van der Waals surface area contributed by atoms with Gasteiger partial charge >= 0.3 is 0 Å². The molecule has 0 aromatic heterocycles. The Morgan fingerprint density at radius 3 is 2.23 bits per heavy atom. The van der Waals surface area contributed by atoms with E-state index in [1.165, 1.54) is 18.3 Å². The average molecular weight is 622 g/mol. The van der Waals surface area contributed by atoms with Gasteiger partial charge in [-0.1, -0.05) is 41.9 Å². The topological polar surface area (TPSA) is 107 Å². The number of amides is 1. The number of rotatable bonds is 14. The SMILES string of the molecule is CCOc1ccc(S(=O)(=O)N(CC(=O)N/N=C\c2ccc(OCc3ccc(Cl)cc3)c(OCC)c2)c2ccccc2)cc1. The quantitative estimate of drug-likeness (QED) is 0.135. The van der Waals surface area contributed by atoms with Crippen LogP contribution in [0, 0.1) is 0 Å². The first-order valence-corrected chi connectivity index (χ1v) is 15.4. The number of halogens is 1. The van der Waals surface area contributed by atoms with Crippen molar-refractivity contribution in [1.29, 1.82) is 0 Å². The summed E-state index contributed by atoms with van der Waals surface area (Å²) in [6.45, 7) is 4.43. The molecule has 4 aromatic rings. The highest BCUT2D eigenvalue weighted by Crippen LogP contribution is 2.29. The molecule has 0 aliphatic heterocycles. The Kier molecular flexibility index (Phi) is 11.0. The van der Waals surface area contributed by atoms with Gasteiger partial charge in [-0.25, -0.2) is 13.8 Å². The number of sulfonamides is 1. The summed E-state index contributed by atoms with van der Waals surface area (Å²) in [5.74, 6) is 0.996. The molecule has 0 heterocycles. The van der Waals surface area contributed by atoms with Crippen molar-refractivity contribution < 1.29 is 27.4 Å². The molecule has 0 aliphatic rings. The number of hydrogen-bond acceptors (Lipinski definition) is 7. The summed E-state index contributed by atoms with van der Waals surface area (Å²) in [5, 5.41) is 4.69. The maximum absolute atomic E-state index is 13.6. The van der Waals surface area contributed by atoms with Crippen LogP contribution in [0.15, 0.2) is 107 Å². The predicted octanol–water partition coefficient (Wildman–Crippen LogP) is 6.06. The molecular weight excluding hydrogens is 590 g/mol. The van der Waals surface area contributed by atoms with Gasteiger partial charge in [0, 0.05) is 5.02 Å². The van der Waals surface area contributed by atoms with Crippen molar-refractivity contribution in [3.8, 4) is 17.2 Å².